The van der Waals surface area contributed by atoms with Gasteiger partial charge in [-0.3, -0.25) is 19.2 Å². The van der Waals surface area contributed by atoms with Crippen molar-refractivity contribution in [3.8, 4) is 11.1 Å². The lowest BCUT2D eigenvalue weighted by Crippen LogP contribution is -2.44. The van der Waals surface area contributed by atoms with E-state index < -0.39 is 34.6 Å². The fourth-order valence-electron chi connectivity index (χ4n) is 9.47. The Bertz CT molecular complexity index is 1950. The number of benzene rings is 3. The molecule has 0 aliphatic heterocycles. The average molecular weight is 914 g/mol. The fourth-order valence-corrected chi connectivity index (χ4v) is 9.47. The predicted octanol–water partition coefficient (Wildman–Crippen LogP) is 11.5. The van der Waals surface area contributed by atoms with Crippen LogP contribution in [0.1, 0.15) is 172 Å². The monoisotopic (exact) mass is 914 g/mol. The Kier molecular flexibility index (Phi) is 22.8. The van der Waals surface area contributed by atoms with Gasteiger partial charge >= 0.3 is 17.9 Å². The van der Waals surface area contributed by atoms with E-state index in [0.717, 1.165) is 24.0 Å². The summed E-state index contributed by atoms with van der Waals surface area (Å²) in [7, 11) is 1.46. The number of carboxylic acids is 2. The molecule has 0 bridgehead atoms. The van der Waals surface area contributed by atoms with Crippen LogP contribution in [0.5, 0.6) is 0 Å². The van der Waals surface area contributed by atoms with E-state index in [4.69, 9.17) is 4.74 Å². The van der Waals surface area contributed by atoms with Crippen LogP contribution in [0.4, 0.5) is 4.39 Å². The zero-order valence-corrected chi connectivity index (χ0v) is 40.7. The second-order valence-corrected chi connectivity index (χ2v) is 19.2. The standard InChI is InChI=1S/C28H37FN2O3.C27H43NO4/c1-3-4-5-6-7-8-20-9-12-22(13-10-20)24-14-11-21(17-25(24)29)19-31-23-15-16-28(18-23,27(33)34)26(32)30-2;1-4-5-6-7-8-9-10-11-12-22-13-15-23(16-14-22)20-28-24-17-18-27(19-24,25(29)30)26(31)32-21(2)3/h9-14,17,23,31H,3-8,15-16,18-19H2,1-2H3,(H,30,32)(H,33,34);13-16,21,24,28H,4-12,17-20H2,1-3H3,(H,29,30). The smallest absolute Gasteiger partial charge is 0.323 e. The molecule has 66 heavy (non-hydrogen) atoms. The minimum atomic E-state index is -1.41. The third-order valence-electron chi connectivity index (χ3n) is 13.6. The number of hydrogen-bond donors (Lipinski definition) is 5. The molecule has 2 fully saturated rings. The molecule has 0 saturated heterocycles. The number of carboxylic acid groups (broad SMARTS) is 2. The van der Waals surface area contributed by atoms with Crippen molar-refractivity contribution in [2.75, 3.05) is 7.05 Å². The van der Waals surface area contributed by atoms with E-state index in [2.05, 4.69) is 66.2 Å². The number of ether oxygens (including phenoxy) is 1. The maximum atomic E-state index is 14.9. The van der Waals surface area contributed by atoms with Crippen molar-refractivity contribution in [2.45, 2.75) is 194 Å². The van der Waals surface area contributed by atoms with Gasteiger partial charge in [0.1, 0.15) is 11.2 Å². The van der Waals surface area contributed by atoms with Crippen LogP contribution in [0, 0.1) is 16.6 Å². The molecule has 2 aliphatic carbocycles. The van der Waals surface area contributed by atoms with Crippen LogP contribution in [0.15, 0.2) is 66.7 Å². The number of esters is 1. The van der Waals surface area contributed by atoms with Gasteiger partial charge in [-0.15, -0.1) is 0 Å². The van der Waals surface area contributed by atoms with Crippen molar-refractivity contribution >= 4 is 23.8 Å². The highest BCUT2D eigenvalue weighted by molar-refractivity contribution is 6.02. The molecular formula is C55H80FN3O7. The van der Waals surface area contributed by atoms with Crippen LogP contribution in [0.25, 0.3) is 11.1 Å². The van der Waals surface area contributed by atoms with Crippen molar-refractivity contribution in [1.29, 1.82) is 0 Å². The summed E-state index contributed by atoms with van der Waals surface area (Å²) in [5.41, 5.74) is 3.27. The lowest BCUT2D eigenvalue weighted by Gasteiger charge is -2.24. The topological polar surface area (TPSA) is 154 Å². The highest BCUT2D eigenvalue weighted by atomic mass is 19.1. The summed E-state index contributed by atoms with van der Waals surface area (Å²) in [5.74, 6) is -3.49. The van der Waals surface area contributed by atoms with E-state index in [-0.39, 0.29) is 36.8 Å². The van der Waals surface area contributed by atoms with E-state index in [1.807, 2.05) is 18.2 Å². The van der Waals surface area contributed by atoms with Crippen LogP contribution in [0.3, 0.4) is 0 Å². The molecule has 364 valence electrons. The Morgan fingerprint density at radius 3 is 1.56 bits per heavy atom. The molecule has 0 spiro atoms. The maximum Gasteiger partial charge on any atom is 0.323 e. The van der Waals surface area contributed by atoms with Crippen molar-refractivity contribution in [2.24, 2.45) is 10.8 Å². The van der Waals surface area contributed by atoms with Crippen molar-refractivity contribution in [1.82, 2.24) is 16.0 Å². The van der Waals surface area contributed by atoms with Crippen LogP contribution in [-0.2, 0) is 49.8 Å². The molecule has 4 unspecified atom stereocenters. The molecule has 0 aromatic heterocycles. The first kappa shape index (κ1) is 54.0. The Hall–Kier alpha value is -4.61. The Morgan fingerprint density at radius 2 is 1.08 bits per heavy atom. The number of amides is 1. The van der Waals surface area contributed by atoms with Crippen LogP contribution in [0.2, 0.25) is 0 Å². The normalized spacial score (nSPS) is 20.2. The first-order chi connectivity index (χ1) is 31.8. The van der Waals surface area contributed by atoms with Crippen molar-refractivity contribution in [3.05, 3.63) is 94.8 Å². The molecule has 10 nitrogen and oxygen atoms in total. The van der Waals surface area contributed by atoms with Gasteiger partial charge in [-0.1, -0.05) is 145 Å². The molecule has 1 amide bonds. The quantitative estimate of drug-likeness (QED) is 0.0286. The highest BCUT2D eigenvalue weighted by Gasteiger charge is 2.53. The van der Waals surface area contributed by atoms with Gasteiger partial charge in [-0.05, 0) is 112 Å². The first-order valence-electron chi connectivity index (χ1n) is 25.1. The SMILES string of the molecule is CCCCCCCCCCc1ccc(CNC2CCC(C(=O)O)(C(=O)OC(C)C)C2)cc1.CCCCCCCc1ccc(-c2ccc(CNC3CCC(C(=O)O)(C(=O)NC)C3)cc2F)cc1. The third kappa shape index (κ3) is 16.3. The number of carbonyl (C=O) groups is 4. The lowest BCUT2D eigenvalue weighted by molar-refractivity contribution is -0.171. The molecule has 3 aromatic rings. The molecular weight excluding hydrogens is 834 g/mol. The Morgan fingerprint density at radius 1 is 0.636 bits per heavy atom. The van der Waals surface area contributed by atoms with Gasteiger partial charge in [0.15, 0.2) is 5.41 Å². The number of aryl methyl sites for hydroxylation is 2. The molecule has 2 saturated carbocycles. The second kappa shape index (κ2) is 27.9. The summed E-state index contributed by atoms with van der Waals surface area (Å²) < 4.78 is 20.1. The third-order valence-corrected chi connectivity index (χ3v) is 13.6. The average Bonchev–Trinajstić information content (AvgIpc) is 3.96. The van der Waals surface area contributed by atoms with Crippen molar-refractivity contribution in [3.63, 3.8) is 0 Å². The summed E-state index contributed by atoms with van der Waals surface area (Å²) in [6.45, 7) is 9.07. The number of carbonyl (C=O) groups excluding carboxylic acids is 2. The van der Waals surface area contributed by atoms with Crippen LogP contribution in [-0.4, -0.2) is 59.3 Å². The number of aliphatic carboxylic acids is 2. The van der Waals surface area contributed by atoms with Crippen LogP contribution < -0.4 is 16.0 Å². The van der Waals surface area contributed by atoms with Crippen LogP contribution >= 0.6 is 0 Å². The summed E-state index contributed by atoms with van der Waals surface area (Å²) in [5, 5.41) is 28.5. The van der Waals surface area contributed by atoms with Gasteiger partial charge in [0.25, 0.3) is 0 Å². The minimum Gasteiger partial charge on any atom is -0.480 e. The van der Waals surface area contributed by atoms with Gasteiger partial charge in [-0.2, -0.15) is 0 Å². The minimum absolute atomic E-state index is 0.00261. The van der Waals surface area contributed by atoms with Gasteiger partial charge in [-0.25, -0.2) is 4.39 Å². The molecule has 11 heteroatoms. The number of unbranched alkanes of at least 4 members (excludes halogenated alkanes) is 11. The molecule has 5 rings (SSSR count). The summed E-state index contributed by atoms with van der Waals surface area (Å²) in [6.07, 6.45) is 21.2. The Balaban J connectivity index is 0.000000289. The largest absolute Gasteiger partial charge is 0.480 e. The van der Waals surface area contributed by atoms with Gasteiger partial charge < -0.3 is 30.9 Å². The molecule has 0 heterocycles. The van der Waals surface area contributed by atoms with Gasteiger partial charge in [0.2, 0.25) is 5.91 Å². The fraction of sp³-hybridized carbons (Fsp3) is 0.600. The molecule has 0 radical (unpaired) electrons. The lowest BCUT2D eigenvalue weighted by atomic mass is 9.85. The van der Waals surface area contributed by atoms with Gasteiger partial charge in [0.05, 0.1) is 6.10 Å². The highest BCUT2D eigenvalue weighted by Crippen LogP contribution is 2.41. The van der Waals surface area contributed by atoms with Crippen molar-refractivity contribution < 1.29 is 38.5 Å². The van der Waals surface area contributed by atoms with E-state index in [1.54, 1.807) is 19.9 Å². The molecule has 2 aliphatic rings. The van der Waals surface area contributed by atoms with E-state index in [1.165, 1.54) is 113 Å². The van der Waals surface area contributed by atoms with Gasteiger partial charge in [0, 0.05) is 37.8 Å². The first-order valence-corrected chi connectivity index (χ1v) is 25.1. The number of rotatable bonds is 27. The van der Waals surface area contributed by atoms with E-state index >= 15 is 0 Å². The maximum absolute atomic E-state index is 14.9. The molecule has 3 aromatic carbocycles. The molecule has 5 N–H and O–H groups in total. The number of nitrogens with one attached hydrogen (secondary N) is 3. The summed E-state index contributed by atoms with van der Waals surface area (Å²) in [4.78, 5) is 48.2. The van der Waals surface area contributed by atoms with E-state index in [0.29, 0.717) is 44.3 Å². The zero-order chi connectivity index (χ0) is 48.0. The summed E-state index contributed by atoms with van der Waals surface area (Å²) >= 11 is 0. The second-order valence-electron chi connectivity index (χ2n) is 19.2. The zero-order valence-electron chi connectivity index (χ0n) is 40.7. The Labute approximate surface area is 394 Å². The molecule has 4 atom stereocenters. The predicted molar refractivity (Wildman–Crippen MR) is 261 cm³/mol. The number of hydrogen-bond acceptors (Lipinski definition) is 7. The summed E-state index contributed by atoms with van der Waals surface area (Å²) in [6, 6.07) is 22.0. The van der Waals surface area contributed by atoms with E-state index in [9.17, 15) is 33.8 Å². The number of halogens is 1.